The minimum absolute atomic E-state index is 0.0685. The molecule has 0 saturated carbocycles. The van der Waals surface area contributed by atoms with Crippen molar-refractivity contribution >= 4 is 11.8 Å². The summed E-state index contributed by atoms with van der Waals surface area (Å²) in [7, 11) is 2.08. The molecule has 32 heavy (non-hydrogen) atoms. The number of pyridine rings is 1. The van der Waals surface area contributed by atoms with Crippen LogP contribution in [0, 0.1) is 12.8 Å². The van der Waals surface area contributed by atoms with Crippen LogP contribution < -0.4 is 0 Å². The number of rotatable bonds is 5. The molecule has 0 radical (unpaired) electrons. The lowest BCUT2D eigenvalue weighted by atomic mass is 9.92. The standard InChI is InChI=1S/C24H34N6O2/c1-18(17-30-11-6-19(2)26-30)23(31)28-9-7-20(8-10-28)22-5-4-21(16-25-22)24(32)29-14-12-27(3)13-15-29/h4-6,11,16,18,20H,7-10,12-15,17H2,1-3H3/t18-/m1/s1. The largest absolute Gasteiger partial charge is 0.342 e. The second-order valence-corrected chi connectivity index (χ2v) is 9.25. The van der Waals surface area contributed by atoms with Crippen molar-refractivity contribution in [3.63, 3.8) is 0 Å². The number of amides is 2. The van der Waals surface area contributed by atoms with Gasteiger partial charge in [0, 0.05) is 63.3 Å². The van der Waals surface area contributed by atoms with E-state index in [-0.39, 0.29) is 17.7 Å². The van der Waals surface area contributed by atoms with E-state index in [9.17, 15) is 9.59 Å². The Morgan fingerprint density at radius 1 is 1.03 bits per heavy atom. The summed E-state index contributed by atoms with van der Waals surface area (Å²) in [5.74, 6) is 0.497. The molecule has 0 aliphatic carbocycles. The van der Waals surface area contributed by atoms with Gasteiger partial charge in [0.25, 0.3) is 5.91 Å². The van der Waals surface area contributed by atoms with E-state index in [4.69, 9.17) is 0 Å². The highest BCUT2D eigenvalue weighted by molar-refractivity contribution is 5.94. The summed E-state index contributed by atoms with van der Waals surface area (Å²) in [6, 6.07) is 5.86. The summed E-state index contributed by atoms with van der Waals surface area (Å²) in [4.78, 5) is 36.3. The molecule has 0 unspecified atom stereocenters. The van der Waals surface area contributed by atoms with Crippen molar-refractivity contribution in [1.29, 1.82) is 0 Å². The summed E-state index contributed by atoms with van der Waals surface area (Å²) in [5, 5.41) is 4.39. The van der Waals surface area contributed by atoms with Crippen LogP contribution in [0.5, 0.6) is 0 Å². The van der Waals surface area contributed by atoms with E-state index in [0.29, 0.717) is 18.0 Å². The first kappa shape index (κ1) is 22.5. The molecule has 0 aromatic carbocycles. The third-order valence-electron chi connectivity index (χ3n) is 6.71. The van der Waals surface area contributed by atoms with Crippen LogP contribution >= 0.6 is 0 Å². The quantitative estimate of drug-likeness (QED) is 0.714. The molecule has 2 aromatic heterocycles. The highest BCUT2D eigenvalue weighted by Gasteiger charge is 2.28. The lowest BCUT2D eigenvalue weighted by Crippen LogP contribution is -2.47. The maximum Gasteiger partial charge on any atom is 0.255 e. The molecular weight excluding hydrogens is 404 g/mol. The van der Waals surface area contributed by atoms with Crippen LogP contribution in [0.25, 0.3) is 0 Å². The number of likely N-dealkylation sites (N-methyl/N-ethyl adjacent to an activating group) is 1. The SMILES string of the molecule is Cc1ccn(C[C@@H](C)C(=O)N2CCC(c3ccc(C(=O)N4CCN(C)CC4)cn3)CC2)n1. The van der Waals surface area contributed by atoms with Crippen molar-refractivity contribution in [3.05, 3.63) is 47.5 Å². The van der Waals surface area contributed by atoms with Crippen LogP contribution in [-0.2, 0) is 11.3 Å². The number of aryl methyl sites for hydroxylation is 1. The summed E-state index contributed by atoms with van der Waals surface area (Å²) in [6.07, 6.45) is 5.45. The van der Waals surface area contributed by atoms with Crippen molar-refractivity contribution in [2.24, 2.45) is 5.92 Å². The molecule has 1 atom stereocenters. The maximum absolute atomic E-state index is 12.9. The Labute approximate surface area is 190 Å². The lowest BCUT2D eigenvalue weighted by Gasteiger charge is -2.33. The third kappa shape index (κ3) is 5.18. The van der Waals surface area contributed by atoms with Crippen LogP contribution in [0.4, 0.5) is 0 Å². The first-order chi connectivity index (χ1) is 15.4. The molecule has 4 heterocycles. The van der Waals surface area contributed by atoms with E-state index < -0.39 is 0 Å². The number of piperazine rings is 1. The van der Waals surface area contributed by atoms with Crippen LogP contribution in [0.2, 0.25) is 0 Å². The van der Waals surface area contributed by atoms with Crippen molar-refractivity contribution < 1.29 is 9.59 Å². The van der Waals surface area contributed by atoms with Crippen molar-refractivity contribution in [2.75, 3.05) is 46.3 Å². The van der Waals surface area contributed by atoms with Gasteiger partial charge in [-0.25, -0.2) is 0 Å². The Bertz CT molecular complexity index is 924. The predicted octanol–water partition coefficient (Wildman–Crippen LogP) is 2.02. The lowest BCUT2D eigenvalue weighted by molar-refractivity contribution is -0.136. The predicted molar refractivity (Wildman–Crippen MR) is 122 cm³/mol. The number of aromatic nitrogens is 3. The van der Waals surface area contributed by atoms with E-state index in [0.717, 1.165) is 63.5 Å². The number of nitrogens with zero attached hydrogens (tertiary/aromatic N) is 6. The highest BCUT2D eigenvalue weighted by Crippen LogP contribution is 2.27. The minimum atomic E-state index is -0.0937. The minimum Gasteiger partial charge on any atom is -0.342 e. The van der Waals surface area contributed by atoms with Crippen molar-refractivity contribution in [2.45, 2.75) is 39.2 Å². The molecule has 2 aliphatic rings. The zero-order valence-corrected chi connectivity index (χ0v) is 19.4. The van der Waals surface area contributed by atoms with Gasteiger partial charge in [0.15, 0.2) is 0 Å². The second-order valence-electron chi connectivity index (χ2n) is 9.25. The zero-order chi connectivity index (χ0) is 22.7. The van der Waals surface area contributed by atoms with Crippen LogP contribution in [0.1, 0.15) is 47.4 Å². The van der Waals surface area contributed by atoms with E-state index in [1.165, 1.54) is 0 Å². The number of hydrogen-bond donors (Lipinski definition) is 0. The topological polar surface area (TPSA) is 74.6 Å². The van der Waals surface area contributed by atoms with E-state index >= 15 is 0 Å². The van der Waals surface area contributed by atoms with Crippen LogP contribution in [0.3, 0.4) is 0 Å². The summed E-state index contributed by atoms with van der Waals surface area (Å²) >= 11 is 0. The number of hydrogen-bond acceptors (Lipinski definition) is 5. The average Bonchev–Trinajstić information content (AvgIpc) is 3.23. The van der Waals surface area contributed by atoms with Gasteiger partial charge in [0.2, 0.25) is 5.91 Å². The molecule has 0 bridgehead atoms. The van der Waals surface area contributed by atoms with Gasteiger partial charge in [0.05, 0.1) is 23.7 Å². The average molecular weight is 439 g/mol. The molecule has 8 nitrogen and oxygen atoms in total. The molecule has 2 aromatic rings. The van der Waals surface area contributed by atoms with E-state index in [1.54, 1.807) is 6.20 Å². The molecule has 172 valence electrons. The Morgan fingerprint density at radius 3 is 2.34 bits per heavy atom. The molecule has 2 aliphatic heterocycles. The Morgan fingerprint density at radius 2 is 1.75 bits per heavy atom. The van der Waals surface area contributed by atoms with Gasteiger partial charge in [-0.3, -0.25) is 19.3 Å². The van der Waals surface area contributed by atoms with Gasteiger partial charge >= 0.3 is 0 Å². The van der Waals surface area contributed by atoms with Crippen molar-refractivity contribution in [3.8, 4) is 0 Å². The first-order valence-electron chi connectivity index (χ1n) is 11.6. The molecule has 0 spiro atoms. The number of carbonyl (C=O) groups is 2. The van der Waals surface area contributed by atoms with Gasteiger partial charge in [-0.1, -0.05) is 6.92 Å². The first-order valence-corrected chi connectivity index (χ1v) is 11.6. The molecule has 2 saturated heterocycles. The molecule has 8 heteroatoms. The van der Waals surface area contributed by atoms with Crippen molar-refractivity contribution in [1.82, 2.24) is 29.5 Å². The molecule has 0 N–H and O–H groups in total. The molecular formula is C24H34N6O2. The van der Waals surface area contributed by atoms with Gasteiger partial charge in [0.1, 0.15) is 0 Å². The maximum atomic E-state index is 12.9. The normalized spacial score (nSPS) is 19.2. The highest BCUT2D eigenvalue weighted by atomic mass is 16.2. The van der Waals surface area contributed by atoms with Crippen LogP contribution in [-0.4, -0.2) is 87.6 Å². The fraction of sp³-hybridized carbons (Fsp3) is 0.583. The smallest absolute Gasteiger partial charge is 0.255 e. The summed E-state index contributed by atoms with van der Waals surface area (Å²) in [5.41, 5.74) is 2.65. The zero-order valence-electron chi connectivity index (χ0n) is 19.4. The van der Waals surface area contributed by atoms with E-state index in [2.05, 4.69) is 22.0 Å². The summed E-state index contributed by atoms with van der Waals surface area (Å²) < 4.78 is 1.85. The number of carbonyl (C=O) groups excluding carboxylic acids is 2. The monoisotopic (exact) mass is 438 g/mol. The second kappa shape index (κ2) is 9.81. The molecule has 4 rings (SSSR count). The third-order valence-corrected chi connectivity index (χ3v) is 6.71. The molecule has 2 fully saturated rings. The van der Waals surface area contributed by atoms with E-state index in [1.807, 2.05) is 52.7 Å². The number of likely N-dealkylation sites (tertiary alicyclic amines) is 1. The Kier molecular flexibility index (Phi) is 6.89. The fourth-order valence-corrected chi connectivity index (χ4v) is 4.60. The number of piperidine rings is 1. The fourth-order valence-electron chi connectivity index (χ4n) is 4.60. The van der Waals surface area contributed by atoms with Gasteiger partial charge in [-0.2, -0.15) is 5.10 Å². The van der Waals surface area contributed by atoms with Gasteiger partial charge in [-0.15, -0.1) is 0 Å². The Balaban J connectivity index is 1.28. The van der Waals surface area contributed by atoms with Gasteiger partial charge in [-0.05, 0) is 45.0 Å². The van der Waals surface area contributed by atoms with Crippen LogP contribution in [0.15, 0.2) is 30.6 Å². The Hall–Kier alpha value is -2.74. The molecule has 2 amide bonds. The van der Waals surface area contributed by atoms with Gasteiger partial charge < -0.3 is 14.7 Å². The summed E-state index contributed by atoms with van der Waals surface area (Å²) in [6.45, 7) is 9.38.